The number of nitrogens with one attached hydrogen (secondary N) is 1. The fourth-order valence-electron chi connectivity index (χ4n) is 1.27. The van der Waals surface area contributed by atoms with Gasteiger partial charge < -0.3 is 5.32 Å². The Morgan fingerprint density at radius 3 is 2.06 bits per heavy atom. The summed E-state index contributed by atoms with van der Waals surface area (Å²) in [6.45, 7) is 0. The molecule has 1 heterocycles. The lowest BCUT2D eigenvalue weighted by atomic mass is 10.3. The molecule has 2 rings (SSSR count). The molecule has 0 bridgehead atoms. The van der Waals surface area contributed by atoms with Crippen molar-refractivity contribution >= 4 is 11.5 Å². The Bertz CT molecular complexity index is 580. The second kappa shape index (κ2) is 4.59. The molecular weight excluding hydrogens is 255 g/mol. The van der Waals surface area contributed by atoms with Crippen molar-refractivity contribution in [3.05, 3.63) is 53.5 Å². The number of hydrogen-bond donors (Lipinski definition) is 1. The van der Waals surface area contributed by atoms with Gasteiger partial charge in [-0.15, -0.1) is 0 Å². The van der Waals surface area contributed by atoms with E-state index in [2.05, 4.69) is 4.98 Å². The van der Waals surface area contributed by atoms with Crippen LogP contribution >= 0.6 is 0 Å². The van der Waals surface area contributed by atoms with Gasteiger partial charge in [0.1, 0.15) is 17.3 Å². The van der Waals surface area contributed by atoms with Crippen molar-refractivity contribution in [1.29, 1.82) is 0 Å². The predicted octanol–water partition coefficient (Wildman–Crippen LogP) is 3.52. The predicted molar refractivity (Wildman–Crippen MR) is 53.8 cm³/mol. The summed E-state index contributed by atoms with van der Waals surface area (Å²) in [5, 5.41) is 1.93. The van der Waals surface area contributed by atoms with Gasteiger partial charge in [-0.05, 0) is 12.1 Å². The molecule has 0 radical (unpaired) electrons. The zero-order valence-corrected chi connectivity index (χ0v) is 8.65. The molecule has 1 aromatic carbocycles. The molecule has 0 amide bonds. The summed E-state index contributed by atoms with van der Waals surface area (Å²) in [4.78, 5) is 2.89. The van der Waals surface area contributed by atoms with Crippen molar-refractivity contribution in [1.82, 2.24) is 4.98 Å². The van der Waals surface area contributed by atoms with E-state index in [1.807, 2.05) is 5.32 Å². The van der Waals surface area contributed by atoms with E-state index < -0.39 is 40.7 Å². The smallest absolute Gasteiger partial charge is 0.251 e. The first kappa shape index (κ1) is 12.3. The molecule has 0 unspecified atom stereocenters. The average Bonchev–Trinajstić information content (AvgIpc) is 2.30. The van der Waals surface area contributed by atoms with Gasteiger partial charge in [0.05, 0.1) is 0 Å². The van der Waals surface area contributed by atoms with E-state index in [1.54, 1.807) is 0 Å². The molecule has 0 aliphatic rings. The molecule has 0 saturated heterocycles. The summed E-state index contributed by atoms with van der Waals surface area (Å²) < 4.78 is 65.0. The van der Waals surface area contributed by atoms with E-state index in [9.17, 15) is 22.0 Å². The van der Waals surface area contributed by atoms with Crippen LogP contribution < -0.4 is 5.32 Å². The van der Waals surface area contributed by atoms with Crippen molar-refractivity contribution in [2.24, 2.45) is 0 Å². The lowest BCUT2D eigenvalue weighted by Crippen LogP contribution is -2.04. The molecule has 2 aromatic rings. The third-order valence-electron chi connectivity index (χ3n) is 2.09. The zero-order valence-electron chi connectivity index (χ0n) is 8.65. The highest BCUT2D eigenvalue weighted by molar-refractivity contribution is 5.57. The van der Waals surface area contributed by atoms with E-state index >= 15 is 0 Å². The summed E-state index contributed by atoms with van der Waals surface area (Å²) in [6.07, 6.45) is 0. The maximum absolute atomic E-state index is 13.2. The van der Waals surface area contributed by atoms with E-state index in [-0.39, 0.29) is 6.07 Å². The molecule has 7 heteroatoms. The van der Waals surface area contributed by atoms with Gasteiger partial charge in [0.15, 0.2) is 17.5 Å². The zero-order chi connectivity index (χ0) is 13.3. The molecule has 0 atom stereocenters. The molecular formula is C11H5F5N2. The summed E-state index contributed by atoms with van der Waals surface area (Å²) in [6, 6.07) is 3.17. The van der Waals surface area contributed by atoms with Gasteiger partial charge in [0.2, 0.25) is 0 Å². The molecule has 94 valence electrons. The van der Waals surface area contributed by atoms with Gasteiger partial charge in [-0.1, -0.05) is 6.07 Å². The summed E-state index contributed by atoms with van der Waals surface area (Å²) in [5.41, 5.74) is -0.699. The van der Waals surface area contributed by atoms with Crippen LogP contribution in [-0.4, -0.2) is 4.98 Å². The third-order valence-corrected chi connectivity index (χ3v) is 2.09. The van der Waals surface area contributed by atoms with Gasteiger partial charge in [-0.2, -0.15) is 9.37 Å². The fourth-order valence-corrected chi connectivity index (χ4v) is 1.27. The molecule has 1 aromatic heterocycles. The summed E-state index contributed by atoms with van der Waals surface area (Å²) in [5.74, 6) is -7.17. The Labute approximate surface area is 98.1 Å². The van der Waals surface area contributed by atoms with Crippen molar-refractivity contribution in [2.75, 3.05) is 5.32 Å². The highest BCUT2D eigenvalue weighted by Crippen LogP contribution is 2.24. The largest absolute Gasteiger partial charge is 0.333 e. The van der Waals surface area contributed by atoms with Crippen LogP contribution in [0.4, 0.5) is 33.5 Å². The van der Waals surface area contributed by atoms with Crippen LogP contribution in [0.2, 0.25) is 0 Å². The molecule has 2 nitrogen and oxygen atoms in total. The van der Waals surface area contributed by atoms with E-state index in [1.165, 1.54) is 0 Å². The van der Waals surface area contributed by atoms with Crippen molar-refractivity contribution in [3.8, 4) is 0 Å². The van der Waals surface area contributed by atoms with Crippen LogP contribution in [0.5, 0.6) is 0 Å². The number of benzene rings is 1. The molecule has 1 N–H and O–H groups in total. The lowest BCUT2D eigenvalue weighted by Gasteiger charge is -2.08. The maximum atomic E-state index is 13.2. The van der Waals surface area contributed by atoms with Crippen LogP contribution in [0, 0.1) is 29.2 Å². The minimum Gasteiger partial charge on any atom is -0.333 e. The van der Waals surface area contributed by atoms with Crippen molar-refractivity contribution in [3.63, 3.8) is 0 Å². The number of pyridine rings is 1. The Hall–Kier alpha value is -2.18. The first-order chi connectivity index (χ1) is 8.49. The van der Waals surface area contributed by atoms with E-state index in [0.717, 1.165) is 18.2 Å². The topological polar surface area (TPSA) is 24.9 Å². The quantitative estimate of drug-likeness (QED) is 0.660. The van der Waals surface area contributed by atoms with Gasteiger partial charge in [-0.25, -0.2) is 17.6 Å². The van der Waals surface area contributed by atoms with Gasteiger partial charge in [0, 0.05) is 6.07 Å². The number of para-hydroxylation sites is 1. The van der Waals surface area contributed by atoms with E-state index in [4.69, 9.17) is 0 Å². The summed E-state index contributed by atoms with van der Waals surface area (Å²) >= 11 is 0. The van der Waals surface area contributed by atoms with Crippen LogP contribution in [0.25, 0.3) is 0 Å². The minimum absolute atomic E-state index is 0.226. The number of aromatic nitrogens is 1. The number of hydrogen-bond acceptors (Lipinski definition) is 2. The van der Waals surface area contributed by atoms with Crippen molar-refractivity contribution < 1.29 is 22.0 Å². The van der Waals surface area contributed by atoms with Crippen LogP contribution in [0.3, 0.4) is 0 Å². The first-order valence-electron chi connectivity index (χ1n) is 4.71. The Morgan fingerprint density at radius 1 is 0.833 bits per heavy atom. The second-order valence-electron chi connectivity index (χ2n) is 3.31. The summed E-state index contributed by atoms with van der Waals surface area (Å²) in [7, 11) is 0. The highest BCUT2D eigenvalue weighted by atomic mass is 19.2. The lowest BCUT2D eigenvalue weighted by molar-refractivity contribution is 0.466. The van der Waals surface area contributed by atoms with Gasteiger partial charge in [-0.3, -0.25) is 0 Å². The van der Waals surface area contributed by atoms with Crippen molar-refractivity contribution in [2.45, 2.75) is 0 Å². The molecule has 0 fully saturated rings. The Morgan fingerprint density at radius 2 is 1.44 bits per heavy atom. The van der Waals surface area contributed by atoms with Crippen LogP contribution in [0.15, 0.2) is 24.3 Å². The maximum Gasteiger partial charge on any atom is 0.251 e. The number of halogens is 5. The fraction of sp³-hybridized carbons (Fsp3) is 0. The van der Waals surface area contributed by atoms with Gasteiger partial charge >= 0.3 is 0 Å². The SMILES string of the molecule is Fc1cc(F)c(Nc2c(F)cccc2F)nc1F. The number of rotatable bonds is 2. The third kappa shape index (κ3) is 2.24. The van der Waals surface area contributed by atoms with Gasteiger partial charge in [0.25, 0.3) is 5.95 Å². The molecule has 0 aliphatic heterocycles. The normalized spacial score (nSPS) is 10.5. The standard InChI is InChI=1S/C11H5F5N2/c12-5-2-1-3-6(13)9(5)17-11-8(15)4-7(14)10(16)18-11/h1-4H,(H,17,18). The highest BCUT2D eigenvalue weighted by Gasteiger charge is 2.15. The number of nitrogens with zero attached hydrogens (tertiary/aromatic N) is 1. The van der Waals surface area contributed by atoms with E-state index in [0.29, 0.717) is 0 Å². The molecule has 18 heavy (non-hydrogen) atoms. The monoisotopic (exact) mass is 260 g/mol. The number of anilines is 2. The second-order valence-corrected chi connectivity index (χ2v) is 3.31. The average molecular weight is 260 g/mol. The minimum atomic E-state index is -1.57. The molecule has 0 spiro atoms. The first-order valence-corrected chi connectivity index (χ1v) is 4.71. The molecule has 0 aliphatic carbocycles. The molecule has 0 saturated carbocycles. The van der Waals surface area contributed by atoms with Crippen LogP contribution in [0.1, 0.15) is 0 Å². The Balaban J connectivity index is 2.43. The Kier molecular flexibility index (Phi) is 3.14. The van der Waals surface area contributed by atoms with Crippen LogP contribution in [-0.2, 0) is 0 Å².